The van der Waals surface area contributed by atoms with Crippen molar-refractivity contribution in [3.8, 4) is 0 Å². The number of ether oxygens (including phenoxy) is 1. The molecule has 3 rings (SSSR count). The Morgan fingerprint density at radius 3 is 2.59 bits per heavy atom. The van der Waals surface area contributed by atoms with Crippen LogP contribution in [0.4, 0.5) is 0 Å². The summed E-state index contributed by atoms with van der Waals surface area (Å²) in [6.07, 6.45) is 0.717. The summed E-state index contributed by atoms with van der Waals surface area (Å²) in [5.41, 5.74) is 1.35. The van der Waals surface area contributed by atoms with E-state index in [2.05, 4.69) is 12.2 Å². The number of hydrogen-bond donors (Lipinski definition) is 1. The topological polar surface area (TPSA) is 58.6 Å². The zero-order chi connectivity index (χ0) is 21.0. The van der Waals surface area contributed by atoms with E-state index in [1.807, 2.05) is 49.4 Å². The summed E-state index contributed by atoms with van der Waals surface area (Å²) in [5.74, 6) is -0.239. The number of fused-ring (bicyclic) bond motifs is 1. The lowest BCUT2D eigenvalue weighted by atomic mass is 9.89. The smallest absolute Gasteiger partial charge is 0.255 e. The first-order valence-electron chi connectivity index (χ1n) is 9.83. The van der Waals surface area contributed by atoms with Crippen molar-refractivity contribution in [2.75, 3.05) is 26.8 Å². The van der Waals surface area contributed by atoms with Gasteiger partial charge in [0, 0.05) is 37.4 Å². The van der Waals surface area contributed by atoms with Gasteiger partial charge in [-0.25, -0.2) is 0 Å². The SMILES string of the molecule is COCCCNC(=O)C1(C)c2ccccc2C(=O)N1CC(C)c1ccc(Cl)cc1. The minimum absolute atomic E-state index is 0.0474. The second-order valence-corrected chi connectivity index (χ2v) is 8.02. The number of methoxy groups -OCH3 is 1. The van der Waals surface area contributed by atoms with Gasteiger partial charge in [-0.05, 0) is 48.6 Å². The molecule has 2 atom stereocenters. The van der Waals surface area contributed by atoms with Crippen molar-refractivity contribution in [3.05, 3.63) is 70.2 Å². The molecule has 0 aliphatic carbocycles. The first kappa shape index (κ1) is 21.3. The Balaban J connectivity index is 1.88. The Morgan fingerprint density at radius 2 is 1.90 bits per heavy atom. The molecule has 2 amide bonds. The molecule has 1 N–H and O–H groups in total. The fraction of sp³-hybridized carbons (Fsp3) is 0.391. The van der Waals surface area contributed by atoms with Crippen LogP contribution in [0, 0.1) is 0 Å². The number of hydrogen-bond acceptors (Lipinski definition) is 3. The van der Waals surface area contributed by atoms with Crippen molar-refractivity contribution in [1.82, 2.24) is 10.2 Å². The first-order valence-corrected chi connectivity index (χ1v) is 10.2. The van der Waals surface area contributed by atoms with Crippen LogP contribution in [0.2, 0.25) is 5.02 Å². The molecule has 0 fully saturated rings. The summed E-state index contributed by atoms with van der Waals surface area (Å²) < 4.78 is 5.05. The van der Waals surface area contributed by atoms with Gasteiger partial charge in [-0.3, -0.25) is 9.59 Å². The number of nitrogens with zero attached hydrogens (tertiary/aromatic N) is 1. The molecule has 6 heteroatoms. The monoisotopic (exact) mass is 414 g/mol. The summed E-state index contributed by atoms with van der Waals surface area (Å²) in [4.78, 5) is 28.2. The van der Waals surface area contributed by atoms with Crippen molar-refractivity contribution in [2.24, 2.45) is 0 Å². The number of amides is 2. The number of nitrogens with one attached hydrogen (secondary N) is 1. The fourth-order valence-corrected chi connectivity index (χ4v) is 3.99. The maximum absolute atomic E-state index is 13.2. The highest BCUT2D eigenvalue weighted by Gasteiger charge is 2.51. The molecule has 5 nitrogen and oxygen atoms in total. The molecular weight excluding hydrogens is 388 g/mol. The molecule has 0 bridgehead atoms. The largest absolute Gasteiger partial charge is 0.385 e. The normalized spacial score (nSPS) is 19.2. The van der Waals surface area contributed by atoms with Crippen LogP contribution in [0.5, 0.6) is 0 Å². The van der Waals surface area contributed by atoms with Gasteiger partial charge in [-0.1, -0.05) is 48.9 Å². The van der Waals surface area contributed by atoms with E-state index in [0.29, 0.717) is 30.3 Å². The van der Waals surface area contributed by atoms with E-state index in [4.69, 9.17) is 16.3 Å². The maximum Gasteiger partial charge on any atom is 0.255 e. The molecule has 0 spiro atoms. The van der Waals surface area contributed by atoms with Gasteiger partial charge in [-0.2, -0.15) is 0 Å². The van der Waals surface area contributed by atoms with Crippen LogP contribution in [0.1, 0.15) is 47.7 Å². The summed E-state index contributed by atoms with van der Waals surface area (Å²) in [6, 6.07) is 15.0. The van der Waals surface area contributed by atoms with E-state index in [1.54, 1.807) is 18.1 Å². The molecule has 2 unspecified atom stereocenters. The molecule has 0 saturated carbocycles. The summed E-state index contributed by atoms with van der Waals surface area (Å²) in [7, 11) is 1.63. The number of benzene rings is 2. The molecule has 1 aliphatic rings. The number of rotatable bonds is 8. The molecule has 0 saturated heterocycles. The van der Waals surface area contributed by atoms with E-state index in [-0.39, 0.29) is 17.7 Å². The van der Waals surface area contributed by atoms with E-state index in [1.165, 1.54) is 0 Å². The standard InChI is InChI=1S/C23H27ClN2O3/c1-16(17-9-11-18(24)12-10-17)15-26-21(27)19-7-4-5-8-20(19)23(26,2)22(28)25-13-6-14-29-3/h4-5,7-12,16H,6,13-15H2,1-3H3,(H,25,28). The lowest BCUT2D eigenvalue weighted by Gasteiger charge is -2.36. The average Bonchev–Trinajstić information content (AvgIpc) is 2.94. The Morgan fingerprint density at radius 1 is 1.21 bits per heavy atom. The summed E-state index contributed by atoms with van der Waals surface area (Å²) in [5, 5.41) is 3.65. The lowest BCUT2D eigenvalue weighted by Crippen LogP contribution is -2.53. The molecule has 1 aliphatic heterocycles. The van der Waals surface area contributed by atoms with Crippen molar-refractivity contribution < 1.29 is 14.3 Å². The van der Waals surface area contributed by atoms with Gasteiger partial charge in [-0.15, -0.1) is 0 Å². The predicted molar refractivity (Wildman–Crippen MR) is 114 cm³/mol. The average molecular weight is 415 g/mol. The number of carbonyl (C=O) groups is 2. The highest BCUT2D eigenvalue weighted by molar-refractivity contribution is 6.30. The van der Waals surface area contributed by atoms with Gasteiger partial charge in [0.25, 0.3) is 5.91 Å². The lowest BCUT2D eigenvalue weighted by molar-refractivity contribution is -0.131. The van der Waals surface area contributed by atoms with E-state index >= 15 is 0 Å². The van der Waals surface area contributed by atoms with Crippen LogP contribution in [-0.4, -0.2) is 43.5 Å². The van der Waals surface area contributed by atoms with E-state index < -0.39 is 5.54 Å². The highest BCUT2D eigenvalue weighted by atomic mass is 35.5. The van der Waals surface area contributed by atoms with Crippen LogP contribution in [0.3, 0.4) is 0 Å². The van der Waals surface area contributed by atoms with Crippen molar-refractivity contribution in [3.63, 3.8) is 0 Å². The summed E-state index contributed by atoms with van der Waals surface area (Å²) >= 11 is 6.00. The van der Waals surface area contributed by atoms with Gasteiger partial charge in [0.1, 0.15) is 5.54 Å². The summed E-state index contributed by atoms with van der Waals surface area (Å²) in [6.45, 7) is 5.38. The fourth-order valence-electron chi connectivity index (χ4n) is 3.86. The van der Waals surface area contributed by atoms with Gasteiger partial charge in [0.05, 0.1) is 0 Å². The van der Waals surface area contributed by atoms with Gasteiger partial charge in [0.15, 0.2) is 0 Å². The van der Waals surface area contributed by atoms with Crippen molar-refractivity contribution in [2.45, 2.75) is 31.7 Å². The first-order chi connectivity index (χ1) is 13.9. The van der Waals surface area contributed by atoms with Gasteiger partial charge >= 0.3 is 0 Å². The molecule has 29 heavy (non-hydrogen) atoms. The van der Waals surface area contributed by atoms with Crippen molar-refractivity contribution >= 4 is 23.4 Å². The third-order valence-electron chi connectivity index (χ3n) is 5.62. The van der Waals surface area contributed by atoms with Crippen LogP contribution in [0.25, 0.3) is 0 Å². The maximum atomic E-state index is 13.2. The minimum atomic E-state index is -1.05. The minimum Gasteiger partial charge on any atom is -0.385 e. The van der Waals surface area contributed by atoms with Crippen LogP contribution < -0.4 is 5.32 Å². The second-order valence-electron chi connectivity index (χ2n) is 7.59. The quantitative estimate of drug-likeness (QED) is 0.665. The zero-order valence-electron chi connectivity index (χ0n) is 17.1. The van der Waals surface area contributed by atoms with Crippen LogP contribution in [-0.2, 0) is 15.1 Å². The van der Waals surface area contributed by atoms with Crippen LogP contribution in [0.15, 0.2) is 48.5 Å². The molecule has 0 radical (unpaired) electrons. The van der Waals surface area contributed by atoms with Crippen molar-refractivity contribution in [1.29, 1.82) is 0 Å². The molecule has 1 heterocycles. The van der Waals surface area contributed by atoms with Gasteiger partial charge < -0.3 is 15.0 Å². The van der Waals surface area contributed by atoms with Gasteiger partial charge in [0.2, 0.25) is 5.91 Å². The van der Waals surface area contributed by atoms with Crippen LogP contribution >= 0.6 is 11.6 Å². The molecule has 2 aromatic rings. The molecular formula is C23H27ClN2O3. The van der Waals surface area contributed by atoms with E-state index in [9.17, 15) is 9.59 Å². The number of carbonyl (C=O) groups excluding carboxylic acids is 2. The zero-order valence-corrected chi connectivity index (χ0v) is 17.8. The third-order valence-corrected chi connectivity index (χ3v) is 5.87. The molecule has 2 aromatic carbocycles. The Kier molecular flexibility index (Phi) is 6.60. The highest BCUT2D eigenvalue weighted by Crippen LogP contribution is 2.40. The Labute approximate surface area is 177 Å². The number of halogens is 1. The third kappa shape index (κ3) is 4.16. The Hall–Kier alpha value is -2.37. The second kappa shape index (κ2) is 8.97. The molecule has 154 valence electrons. The Bertz CT molecular complexity index is 884. The van der Waals surface area contributed by atoms with E-state index in [0.717, 1.165) is 17.5 Å². The molecule has 0 aromatic heterocycles. The predicted octanol–water partition coefficient (Wildman–Crippen LogP) is 3.97.